The summed E-state index contributed by atoms with van der Waals surface area (Å²) in [5, 5.41) is 0. The van der Waals surface area contributed by atoms with E-state index in [4.69, 9.17) is 9.47 Å². The van der Waals surface area contributed by atoms with Gasteiger partial charge >= 0.3 is 17.9 Å². The largest absolute Gasteiger partial charge is 0.469 e. The van der Waals surface area contributed by atoms with Crippen LogP contribution in [-0.2, 0) is 28.6 Å². The maximum absolute atomic E-state index is 11.1. The van der Waals surface area contributed by atoms with Crippen molar-refractivity contribution in [2.24, 2.45) is 0 Å². The van der Waals surface area contributed by atoms with Gasteiger partial charge in [-0.1, -0.05) is 13.2 Å². The number of esters is 3. The second kappa shape index (κ2) is 11.7. The molecule has 0 aliphatic heterocycles. The minimum Gasteiger partial charge on any atom is -0.469 e. The topological polar surface area (TPSA) is 82.1 Å². The van der Waals surface area contributed by atoms with E-state index in [-0.39, 0.29) is 25.6 Å². The molecule has 0 unspecified atom stereocenters. The minimum absolute atomic E-state index is 0.154. The number of ether oxygens (including phenoxy) is 3. The van der Waals surface area contributed by atoms with Gasteiger partial charge in [0.05, 0.1) is 13.5 Å². The van der Waals surface area contributed by atoms with Crippen molar-refractivity contribution in [1.82, 2.24) is 4.90 Å². The summed E-state index contributed by atoms with van der Waals surface area (Å²) in [4.78, 5) is 34.8. The summed E-state index contributed by atoms with van der Waals surface area (Å²) in [6.45, 7) is 8.11. The van der Waals surface area contributed by atoms with E-state index in [0.29, 0.717) is 19.6 Å². The van der Waals surface area contributed by atoms with Crippen LogP contribution in [0.15, 0.2) is 25.3 Å². The maximum Gasteiger partial charge on any atom is 0.330 e. The van der Waals surface area contributed by atoms with Crippen molar-refractivity contribution in [3.63, 3.8) is 0 Å². The molecule has 0 saturated carbocycles. The van der Waals surface area contributed by atoms with Gasteiger partial charge in [0.25, 0.3) is 0 Å². The van der Waals surface area contributed by atoms with Crippen LogP contribution in [0.4, 0.5) is 0 Å². The summed E-state index contributed by atoms with van der Waals surface area (Å²) in [5.74, 6) is -1.37. The Morgan fingerprint density at radius 1 is 0.952 bits per heavy atom. The zero-order valence-electron chi connectivity index (χ0n) is 12.2. The molecule has 118 valence electrons. The Kier molecular flexibility index (Phi) is 10.5. The first kappa shape index (κ1) is 18.9. The van der Waals surface area contributed by atoms with Gasteiger partial charge in [-0.3, -0.25) is 9.69 Å². The third kappa shape index (κ3) is 10.3. The first-order valence-electron chi connectivity index (χ1n) is 6.41. The highest BCUT2D eigenvalue weighted by Crippen LogP contribution is 1.95. The van der Waals surface area contributed by atoms with E-state index in [1.807, 2.05) is 4.90 Å². The maximum atomic E-state index is 11.1. The van der Waals surface area contributed by atoms with Gasteiger partial charge in [-0.05, 0) is 0 Å². The van der Waals surface area contributed by atoms with E-state index >= 15 is 0 Å². The van der Waals surface area contributed by atoms with Crippen LogP contribution in [0, 0.1) is 0 Å². The number of hydrogen-bond acceptors (Lipinski definition) is 7. The molecule has 0 rings (SSSR count). The number of hydrogen-bond donors (Lipinski definition) is 0. The summed E-state index contributed by atoms with van der Waals surface area (Å²) >= 11 is 0. The number of carbonyl (C=O) groups is 3. The molecule has 0 atom stereocenters. The van der Waals surface area contributed by atoms with Crippen LogP contribution in [0.25, 0.3) is 0 Å². The average molecular weight is 299 g/mol. The lowest BCUT2D eigenvalue weighted by Gasteiger charge is -2.21. The molecule has 0 fully saturated rings. The van der Waals surface area contributed by atoms with Crippen LogP contribution in [0.5, 0.6) is 0 Å². The van der Waals surface area contributed by atoms with Crippen LogP contribution in [0.3, 0.4) is 0 Å². The lowest BCUT2D eigenvalue weighted by molar-refractivity contribution is -0.142. The molecular weight excluding hydrogens is 278 g/mol. The van der Waals surface area contributed by atoms with Crippen molar-refractivity contribution < 1.29 is 28.6 Å². The number of rotatable bonds is 11. The SMILES string of the molecule is C=CC(=O)OCCN(CCOC(=O)C=C)CCC(=O)OC. The summed E-state index contributed by atoms with van der Waals surface area (Å²) in [7, 11) is 1.31. The normalized spacial score (nSPS) is 9.81. The Morgan fingerprint density at radius 2 is 1.43 bits per heavy atom. The van der Waals surface area contributed by atoms with Crippen molar-refractivity contribution in [3.05, 3.63) is 25.3 Å². The fraction of sp³-hybridized carbons (Fsp3) is 0.500. The highest BCUT2D eigenvalue weighted by atomic mass is 16.5. The van der Waals surface area contributed by atoms with Gasteiger partial charge in [0, 0.05) is 31.8 Å². The van der Waals surface area contributed by atoms with Crippen molar-refractivity contribution in [1.29, 1.82) is 0 Å². The molecule has 7 nitrogen and oxygen atoms in total. The summed E-state index contributed by atoms with van der Waals surface area (Å²) in [5.41, 5.74) is 0. The third-order valence-electron chi connectivity index (χ3n) is 2.50. The van der Waals surface area contributed by atoms with Crippen molar-refractivity contribution in [3.8, 4) is 0 Å². The highest BCUT2D eigenvalue weighted by Gasteiger charge is 2.10. The van der Waals surface area contributed by atoms with Crippen LogP contribution >= 0.6 is 0 Å². The second-order valence-electron chi connectivity index (χ2n) is 3.91. The van der Waals surface area contributed by atoms with Gasteiger partial charge in [-0.15, -0.1) is 0 Å². The second-order valence-corrected chi connectivity index (χ2v) is 3.91. The Morgan fingerprint density at radius 3 is 1.81 bits per heavy atom. The lowest BCUT2D eigenvalue weighted by Crippen LogP contribution is -2.34. The van der Waals surface area contributed by atoms with Crippen LogP contribution in [0.1, 0.15) is 6.42 Å². The van der Waals surface area contributed by atoms with E-state index in [0.717, 1.165) is 12.2 Å². The Bertz CT molecular complexity index is 354. The molecule has 0 saturated heterocycles. The summed E-state index contributed by atoms with van der Waals surface area (Å²) in [6.07, 6.45) is 2.34. The molecule has 0 aromatic rings. The van der Waals surface area contributed by atoms with E-state index in [9.17, 15) is 14.4 Å². The lowest BCUT2D eigenvalue weighted by atomic mass is 10.3. The van der Waals surface area contributed by atoms with Gasteiger partial charge in [-0.25, -0.2) is 9.59 Å². The van der Waals surface area contributed by atoms with Crippen LogP contribution in [0.2, 0.25) is 0 Å². The molecule has 0 bridgehead atoms. The molecule has 21 heavy (non-hydrogen) atoms. The zero-order chi connectivity index (χ0) is 16.1. The zero-order valence-corrected chi connectivity index (χ0v) is 12.2. The fourth-order valence-electron chi connectivity index (χ4n) is 1.36. The smallest absolute Gasteiger partial charge is 0.330 e. The van der Waals surface area contributed by atoms with Crippen molar-refractivity contribution in [2.75, 3.05) is 40.0 Å². The molecule has 0 N–H and O–H groups in total. The molecule has 0 aromatic carbocycles. The molecule has 0 aromatic heterocycles. The average Bonchev–Trinajstić information content (AvgIpc) is 2.50. The number of nitrogens with zero attached hydrogens (tertiary/aromatic N) is 1. The standard InChI is InChI=1S/C14H21NO6/c1-4-12(16)20-10-8-15(7-6-14(18)19-3)9-11-21-13(17)5-2/h4-5H,1-2,6-11H2,3H3. The third-order valence-corrected chi connectivity index (χ3v) is 2.50. The first-order chi connectivity index (χ1) is 10.0. The summed E-state index contributed by atoms with van der Waals surface area (Å²) in [6, 6.07) is 0. The molecule has 0 amide bonds. The predicted molar refractivity (Wildman–Crippen MR) is 75.4 cm³/mol. The highest BCUT2D eigenvalue weighted by molar-refractivity contribution is 5.81. The van der Waals surface area contributed by atoms with Gasteiger partial charge in [-0.2, -0.15) is 0 Å². The monoisotopic (exact) mass is 299 g/mol. The summed E-state index contributed by atoms with van der Waals surface area (Å²) < 4.78 is 14.3. The minimum atomic E-state index is -0.513. The molecule has 0 radical (unpaired) electrons. The number of methoxy groups -OCH3 is 1. The Labute approximate surface area is 124 Å². The van der Waals surface area contributed by atoms with Crippen LogP contribution < -0.4 is 0 Å². The molecule has 0 spiro atoms. The fourth-order valence-corrected chi connectivity index (χ4v) is 1.36. The van der Waals surface area contributed by atoms with Crippen molar-refractivity contribution >= 4 is 17.9 Å². The predicted octanol–water partition coefficient (Wildman–Crippen LogP) is 0.310. The van der Waals surface area contributed by atoms with Gasteiger partial charge in [0.1, 0.15) is 13.2 Å². The van der Waals surface area contributed by atoms with E-state index in [2.05, 4.69) is 17.9 Å². The van der Waals surface area contributed by atoms with Crippen LogP contribution in [-0.4, -0.2) is 62.8 Å². The van der Waals surface area contributed by atoms with Gasteiger partial charge in [0.2, 0.25) is 0 Å². The van der Waals surface area contributed by atoms with Gasteiger partial charge < -0.3 is 14.2 Å². The molecule has 0 heterocycles. The Hall–Kier alpha value is -2.15. The Balaban J connectivity index is 4.15. The quantitative estimate of drug-likeness (QED) is 0.308. The van der Waals surface area contributed by atoms with E-state index < -0.39 is 11.9 Å². The van der Waals surface area contributed by atoms with E-state index in [1.54, 1.807) is 0 Å². The van der Waals surface area contributed by atoms with Gasteiger partial charge in [0.15, 0.2) is 0 Å². The molecular formula is C14H21NO6. The molecule has 0 aliphatic rings. The first-order valence-corrected chi connectivity index (χ1v) is 6.41. The molecule has 7 heteroatoms. The van der Waals surface area contributed by atoms with Crippen molar-refractivity contribution in [2.45, 2.75) is 6.42 Å². The van der Waals surface area contributed by atoms with E-state index in [1.165, 1.54) is 7.11 Å². The number of carbonyl (C=O) groups excluding carboxylic acids is 3. The molecule has 0 aliphatic carbocycles.